The molecule has 2 aromatic carbocycles. The van der Waals surface area contributed by atoms with Crippen molar-refractivity contribution in [3.05, 3.63) is 86.5 Å². The zero-order valence-corrected chi connectivity index (χ0v) is 20.1. The lowest BCUT2D eigenvalue weighted by molar-refractivity contribution is 0.1000. The molecular weight excluding hydrogens is 552 g/mol. The monoisotopic (exact) mass is 568 g/mol. The standard InChI is InChI=1S/C10H8BrNO2.C8H8BrNO2.C3H2O3/c1-13-9-6-7(2-3-8(9)11)10-12-4-5-14-10;1-12-7-4-5(8(10)11)2-3-6(7)9;4-3-5-1-2-6-3/h2-6H,1H3;2-4H,1H3,(H2,10,11);1-2H. The summed E-state index contributed by atoms with van der Waals surface area (Å²) in [5, 5.41) is 0. The van der Waals surface area contributed by atoms with Crippen LogP contribution in [0, 0.1) is 0 Å². The van der Waals surface area contributed by atoms with Crippen molar-refractivity contribution in [3.8, 4) is 23.0 Å². The Kier molecular flexibility index (Phi) is 9.76. The van der Waals surface area contributed by atoms with Crippen molar-refractivity contribution in [2.45, 2.75) is 0 Å². The molecule has 2 heterocycles. The van der Waals surface area contributed by atoms with Crippen LogP contribution >= 0.6 is 31.9 Å². The number of hydrogen-bond acceptors (Lipinski definition) is 8. The number of methoxy groups -OCH3 is 2. The predicted molar refractivity (Wildman–Crippen MR) is 123 cm³/mol. The lowest BCUT2D eigenvalue weighted by Crippen LogP contribution is -2.10. The number of rotatable bonds is 4. The van der Waals surface area contributed by atoms with Crippen molar-refractivity contribution < 1.29 is 27.5 Å². The van der Waals surface area contributed by atoms with E-state index in [1.54, 1.807) is 37.8 Å². The Bertz CT molecular complexity index is 1170. The Hall–Kier alpha value is -3.31. The fraction of sp³-hybridized carbons (Fsp3) is 0.0952. The van der Waals surface area contributed by atoms with Crippen LogP contribution in [0.1, 0.15) is 10.4 Å². The van der Waals surface area contributed by atoms with E-state index < -0.39 is 11.7 Å². The number of nitrogens with zero attached hydrogens (tertiary/aromatic N) is 1. The van der Waals surface area contributed by atoms with Crippen molar-refractivity contribution >= 4 is 37.8 Å². The first kappa shape index (κ1) is 25.0. The molecule has 0 radical (unpaired) electrons. The number of ether oxygens (including phenoxy) is 2. The summed E-state index contributed by atoms with van der Waals surface area (Å²) < 4.78 is 25.3. The molecule has 0 fully saturated rings. The van der Waals surface area contributed by atoms with Gasteiger partial charge < -0.3 is 28.5 Å². The molecule has 9 nitrogen and oxygen atoms in total. The van der Waals surface area contributed by atoms with Gasteiger partial charge in [-0.2, -0.15) is 0 Å². The summed E-state index contributed by atoms with van der Waals surface area (Å²) in [7, 11) is 3.16. The number of carbonyl (C=O) groups is 1. The molecule has 0 saturated carbocycles. The van der Waals surface area contributed by atoms with Gasteiger partial charge in [0.1, 0.15) is 30.3 Å². The molecule has 0 aliphatic carbocycles. The third-order valence-corrected chi connectivity index (χ3v) is 4.96. The molecule has 0 unspecified atom stereocenters. The van der Waals surface area contributed by atoms with Gasteiger partial charge >= 0.3 is 5.82 Å². The van der Waals surface area contributed by atoms with Gasteiger partial charge in [0.05, 0.1) is 29.4 Å². The zero-order valence-electron chi connectivity index (χ0n) is 16.9. The Morgan fingerprint density at radius 1 is 0.906 bits per heavy atom. The molecule has 2 aromatic heterocycles. The molecule has 32 heavy (non-hydrogen) atoms. The molecule has 0 atom stereocenters. The molecule has 4 aromatic rings. The Balaban J connectivity index is 0.000000183. The quantitative estimate of drug-likeness (QED) is 0.367. The van der Waals surface area contributed by atoms with Gasteiger partial charge in [0.25, 0.3) is 0 Å². The highest BCUT2D eigenvalue weighted by Gasteiger charge is 2.06. The van der Waals surface area contributed by atoms with Gasteiger partial charge in [-0.15, -0.1) is 0 Å². The highest BCUT2D eigenvalue weighted by molar-refractivity contribution is 9.10. The van der Waals surface area contributed by atoms with Crippen molar-refractivity contribution in [1.82, 2.24) is 4.98 Å². The number of amides is 1. The van der Waals surface area contributed by atoms with Crippen LogP contribution in [-0.2, 0) is 0 Å². The van der Waals surface area contributed by atoms with E-state index in [0.29, 0.717) is 17.2 Å². The van der Waals surface area contributed by atoms with Gasteiger partial charge in [-0.25, -0.2) is 9.78 Å². The van der Waals surface area contributed by atoms with E-state index in [1.807, 2.05) is 18.2 Å². The minimum absolute atomic E-state index is 0.440. The summed E-state index contributed by atoms with van der Waals surface area (Å²) in [6.07, 6.45) is 5.53. The molecule has 168 valence electrons. The van der Waals surface area contributed by atoms with E-state index in [2.05, 4.69) is 45.7 Å². The van der Waals surface area contributed by atoms with Crippen LogP contribution in [0.5, 0.6) is 11.5 Å². The Morgan fingerprint density at radius 3 is 1.97 bits per heavy atom. The van der Waals surface area contributed by atoms with Crippen LogP contribution in [-0.4, -0.2) is 25.1 Å². The Morgan fingerprint density at radius 2 is 1.50 bits per heavy atom. The van der Waals surface area contributed by atoms with Crippen molar-refractivity contribution in [3.63, 3.8) is 0 Å². The van der Waals surface area contributed by atoms with Crippen molar-refractivity contribution in [1.29, 1.82) is 0 Å². The van der Waals surface area contributed by atoms with Crippen LogP contribution in [0.2, 0.25) is 0 Å². The number of nitrogens with two attached hydrogens (primary N) is 1. The van der Waals surface area contributed by atoms with Gasteiger partial charge in [-0.05, 0) is 68.3 Å². The highest BCUT2D eigenvalue weighted by Crippen LogP contribution is 2.29. The average Bonchev–Trinajstić information content (AvgIpc) is 3.49. The molecule has 0 aliphatic heterocycles. The number of hydrogen-bond donors (Lipinski definition) is 1. The highest BCUT2D eigenvalue weighted by atomic mass is 79.9. The minimum Gasteiger partial charge on any atom is -0.496 e. The van der Waals surface area contributed by atoms with E-state index >= 15 is 0 Å². The third-order valence-electron chi connectivity index (χ3n) is 3.65. The Labute approximate surface area is 199 Å². The molecule has 0 saturated heterocycles. The van der Waals surface area contributed by atoms with Crippen LogP contribution in [0.15, 0.2) is 88.4 Å². The summed E-state index contributed by atoms with van der Waals surface area (Å²) in [6.45, 7) is 0. The maximum absolute atomic E-state index is 10.7. The summed E-state index contributed by atoms with van der Waals surface area (Å²) in [4.78, 5) is 24.5. The molecule has 0 aliphatic rings. The smallest absolute Gasteiger partial charge is 0.496 e. The summed E-state index contributed by atoms with van der Waals surface area (Å²) >= 11 is 6.64. The van der Waals surface area contributed by atoms with Crippen LogP contribution in [0.3, 0.4) is 0 Å². The zero-order chi connectivity index (χ0) is 23.5. The van der Waals surface area contributed by atoms with Gasteiger partial charge in [0.2, 0.25) is 11.8 Å². The van der Waals surface area contributed by atoms with E-state index in [4.69, 9.17) is 19.6 Å². The van der Waals surface area contributed by atoms with Gasteiger partial charge in [0, 0.05) is 11.1 Å². The SMILES string of the molecule is COc1cc(-c2ncco2)ccc1Br.COc1cc(C(N)=O)ccc1Br.O=c1occo1. The van der Waals surface area contributed by atoms with Crippen LogP contribution in [0.4, 0.5) is 0 Å². The van der Waals surface area contributed by atoms with E-state index in [1.165, 1.54) is 19.6 Å². The molecule has 0 spiro atoms. The number of primary amides is 1. The fourth-order valence-corrected chi connectivity index (χ4v) is 2.98. The molecule has 11 heteroatoms. The first-order valence-corrected chi connectivity index (χ1v) is 10.3. The number of halogens is 2. The number of benzene rings is 2. The number of aromatic nitrogens is 1. The second kappa shape index (κ2) is 12.5. The number of carbonyl (C=O) groups excluding carboxylic acids is 1. The first-order chi connectivity index (χ1) is 15.3. The van der Waals surface area contributed by atoms with E-state index in [-0.39, 0.29) is 0 Å². The van der Waals surface area contributed by atoms with Crippen molar-refractivity contribution in [2.75, 3.05) is 14.2 Å². The fourth-order valence-electron chi connectivity index (χ4n) is 2.17. The second-order valence-corrected chi connectivity index (χ2v) is 7.37. The predicted octanol–water partition coefficient (Wildman–Crippen LogP) is 4.90. The maximum Gasteiger partial charge on any atom is 0.518 e. The second-order valence-electron chi connectivity index (χ2n) is 5.66. The van der Waals surface area contributed by atoms with Crippen molar-refractivity contribution in [2.24, 2.45) is 5.73 Å². The largest absolute Gasteiger partial charge is 0.518 e. The maximum atomic E-state index is 10.7. The molecule has 0 bridgehead atoms. The topological polar surface area (TPSA) is 131 Å². The van der Waals surface area contributed by atoms with Gasteiger partial charge in [0.15, 0.2) is 0 Å². The molecule has 1 amide bonds. The van der Waals surface area contributed by atoms with Crippen LogP contribution < -0.4 is 21.0 Å². The summed E-state index contributed by atoms with van der Waals surface area (Å²) in [5.74, 6) is 0.846. The minimum atomic E-state index is -0.657. The van der Waals surface area contributed by atoms with Gasteiger partial charge in [-0.1, -0.05) is 0 Å². The summed E-state index contributed by atoms with van der Waals surface area (Å²) in [5.41, 5.74) is 6.42. The molecule has 2 N–H and O–H groups in total. The lowest BCUT2D eigenvalue weighted by atomic mass is 10.2. The molecular formula is C21H18Br2N2O7. The normalized spacial score (nSPS) is 9.62. The molecule has 4 rings (SSSR count). The van der Waals surface area contributed by atoms with Crippen LogP contribution in [0.25, 0.3) is 11.5 Å². The summed E-state index contributed by atoms with van der Waals surface area (Å²) in [6, 6.07) is 10.6. The number of oxazole rings is 1. The van der Waals surface area contributed by atoms with Gasteiger partial charge in [-0.3, -0.25) is 4.79 Å². The van der Waals surface area contributed by atoms with E-state index in [0.717, 1.165) is 20.3 Å². The first-order valence-electron chi connectivity index (χ1n) is 8.74. The average molecular weight is 570 g/mol. The van der Waals surface area contributed by atoms with E-state index in [9.17, 15) is 9.59 Å². The lowest BCUT2D eigenvalue weighted by Gasteiger charge is -2.03. The third kappa shape index (κ3) is 7.43.